The van der Waals surface area contributed by atoms with Crippen molar-refractivity contribution >= 4 is 23.4 Å². The van der Waals surface area contributed by atoms with Gasteiger partial charge in [0.25, 0.3) is 0 Å². The normalized spacial score (nSPS) is 9.89. The van der Waals surface area contributed by atoms with Crippen molar-refractivity contribution in [1.29, 1.82) is 0 Å². The maximum Gasteiger partial charge on any atom is 0.113 e. The number of hydrogen-bond donors (Lipinski definition) is 0. The van der Waals surface area contributed by atoms with Crippen LogP contribution in [-0.2, 0) is 5.75 Å². The zero-order chi connectivity index (χ0) is 6.53. The Balaban J connectivity index is 2.30. The van der Waals surface area contributed by atoms with Crippen LogP contribution in [-0.4, -0.2) is 5.21 Å². The summed E-state index contributed by atoms with van der Waals surface area (Å²) in [6.45, 7) is 0. The summed E-state index contributed by atoms with van der Waals surface area (Å²) in [5.74, 6) is 1.86. The van der Waals surface area contributed by atoms with Crippen molar-refractivity contribution in [1.82, 2.24) is 0 Å². The van der Waals surface area contributed by atoms with Gasteiger partial charge in [0.1, 0.15) is 5.76 Å². The van der Waals surface area contributed by atoms with Crippen molar-refractivity contribution in [2.75, 3.05) is 5.21 Å². The molecule has 0 spiro atoms. The summed E-state index contributed by atoms with van der Waals surface area (Å²) >= 11 is 7.08. The number of rotatable bonds is 3. The lowest BCUT2D eigenvalue weighted by Crippen LogP contribution is -1.71. The van der Waals surface area contributed by atoms with Gasteiger partial charge in [0.2, 0.25) is 0 Å². The van der Waals surface area contributed by atoms with E-state index in [2.05, 4.69) is 0 Å². The molecule has 0 atom stereocenters. The van der Waals surface area contributed by atoms with Crippen LogP contribution in [0.2, 0.25) is 0 Å². The van der Waals surface area contributed by atoms with E-state index in [1.165, 1.54) is 0 Å². The van der Waals surface area contributed by atoms with Gasteiger partial charge in [0, 0.05) is 0 Å². The average molecular weight is 163 g/mol. The Morgan fingerprint density at radius 1 is 1.67 bits per heavy atom. The molecule has 1 rings (SSSR count). The second-order valence-corrected chi connectivity index (χ2v) is 3.11. The minimum atomic E-state index is 0.626. The Bertz CT molecular complexity index is 150. The largest absolute Gasteiger partial charge is 0.468 e. The van der Waals surface area contributed by atoms with Crippen LogP contribution in [0.25, 0.3) is 0 Å². The SMILES string of the molecule is ClCSCc1ccco1. The lowest BCUT2D eigenvalue weighted by atomic mass is 10.5. The lowest BCUT2D eigenvalue weighted by molar-refractivity contribution is 0.530. The molecular weight excluding hydrogens is 156 g/mol. The number of hydrogen-bond acceptors (Lipinski definition) is 2. The van der Waals surface area contributed by atoms with Gasteiger partial charge < -0.3 is 4.42 Å². The first-order chi connectivity index (χ1) is 4.43. The summed E-state index contributed by atoms with van der Waals surface area (Å²) in [5.41, 5.74) is 0. The fraction of sp³-hybridized carbons (Fsp3) is 0.333. The molecule has 0 aliphatic rings. The van der Waals surface area contributed by atoms with Crippen LogP contribution >= 0.6 is 23.4 Å². The molecule has 9 heavy (non-hydrogen) atoms. The lowest BCUT2D eigenvalue weighted by Gasteiger charge is -1.89. The van der Waals surface area contributed by atoms with Crippen molar-refractivity contribution in [2.45, 2.75) is 5.75 Å². The van der Waals surface area contributed by atoms with E-state index in [9.17, 15) is 0 Å². The maximum atomic E-state index is 5.44. The zero-order valence-electron chi connectivity index (χ0n) is 4.84. The molecule has 0 radical (unpaired) electrons. The van der Waals surface area contributed by atoms with Crippen LogP contribution in [0.4, 0.5) is 0 Å². The average Bonchev–Trinajstić information content (AvgIpc) is 2.34. The van der Waals surface area contributed by atoms with E-state index < -0.39 is 0 Å². The first kappa shape index (κ1) is 7.03. The van der Waals surface area contributed by atoms with E-state index in [4.69, 9.17) is 16.0 Å². The van der Waals surface area contributed by atoms with Crippen molar-refractivity contribution < 1.29 is 4.42 Å². The second kappa shape index (κ2) is 3.85. The quantitative estimate of drug-likeness (QED) is 0.634. The third-order valence-corrected chi connectivity index (χ3v) is 2.01. The number of furan rings is 1. The van der Waals surface area contributed by atoms with Crippen LogP contribution in [0.3, 0.4) is 0 Å². The molecule has 0 amide bonds. The van der Waals surface area contributed by atoms with E-state index in [1.807, 2.05) is 12.1 Å². The molecular formula is C6H7ClOS. The molecule has 1 nitrogen and oxygen atoms in total. The van der Waals surface area contributed by atoms with E-state index in [1.54, 1.807) is 18.0 Å². The first-order valence-electron chi connectivity index (χ1n) is 2.59. The Hall–Kier alpha value is -0.0800. The molecule has 0 fully saturated rings. The monoisotopic (exact) mass is 162 g/mol. The molecule has 0 unspecified atom stereocenters. The standard InChI is InChI=1S/C6H7ClOS/c7-5-9-4-6-2-1-3-8-6/h1-3H,4-5H2. The third-order valence-electron chi connectivity index (χ3n) is 0.902. The van der Waals surface area contributed by atoms with Crippen molar-refractivity contribution in [3.63, 3.8) is 0 Å². The van der Waals surface area contributed by atoms with Crippen LogP contribution in [0, 0.1) is 0 Å². The molecule has 1 aromatic heterocycles. The van der Waals surface area contributed by atoms with E-state index in [-0.39, 0.29) is 0 Å². The fourth-order valence-corrected chi connectivity index (χ4v) is 1.21. The topological polar surface area (TPSA) is 13.1 Å². The highest BCUT2D eigenvalue weighted by molar-refractivity contribution is 7.99. The highest BCUT2D eigenvalue weighted by atomic mass is 35.5. The number of thioether (sulfide) groups is 1. The van der Waals surface area contributed by atoms with Gasteiger partial charge in [-0.15, -0.1) is 23.4 Å². The van der Waals surface area contributed by atoms with Gasteiger partial charge in [0.15, 0.2) is 0 Å². The summed E-state index contributed by atoms with van der Waals surface area (Å²) in [5, 5.41) is 0.626. The molecule has 50 valence electrons. The molecule has 3 heteroatoms. The van der Waals surface area contributed by atoms with Gasteiger partial charge in [0.05, 0.1) is 17.2 Å². The van der Waals surface area contributed by atoms with Crippen LogP contribution < -0.4 is 0 Å². The first-order valence-corrected chi connectivity index (χ1v) is 4.28. The second-order valence-electron chi connectivity index (χ2n) is 1.54. The van der Waals surface area contributed by atoms with Crippen molar-refractivity contribution in [3.8, 4) is 0 Å². The summed E-state index contributed by atoms with van der Waals surface area (Å²) in [6.07, 6.45) is 1.67. The van der Waals surface area contributed by atoms with Gasteiger partial charge in [-0.2, -0.15) is 0 Å². The molecule has 0 N–H and O–H groups in total. The van der Waals surface area contributed by atoms with E-state index >= 15 is 0 Å². The smallest absolute Gasteiger partial charge is 0.113 e. The highest BCUT2D eigenvalue weighted by Crippen LogP contribution is 2.12. The Labute approximate surface area is 63.4 Å². The predicted octanol–water partition coefficient (Wildman–Crippen LogP) is 2.71. The summed E-state index contributed by atoms with van der Waals surface area (Å²) in [4.78, 5) is 0. The minimum absolute atomic E-state index is 0.626. The maximum absolute atomic E-state index is 5.44. The van der Waals surface area contributed by atoms with Crippen LogP contribution in [0.5, 0.6) is 0 Å². The van der Waals surface area contributed by atoms with Crippen molar-refractivity contribution in [3.05, 3.63) is 24.2 Å². The molecule has 1 heterocycles. The van der Waals surface area contributed by atoms with E-state index in [0.29, 0.717) is 5.21 Å². The number of alkyl halides is 1. The Morgan fingerprint density at radius 3 is 3.11 bits per heavy atom. The minimum Gasteiger partial charge on any atom is -0.468 e. The molecule has 0 saturated carbocycles. The van der Waals surface area contributed by atoms with Gasteiger partial charge in [-0.1, -0.05) is 0 Å². The van der Waals surface area contributed by atoms with Gasteiger partial charge in [-0.25, -0.2) is 0 Å². The van der Waals surface area contributed by atoms with E-state index in [0.717, 1.165) is 11.5 Å². The van der Waals surface area contributed by atoms with Crippen molar-refractivity contribution in [2.24, 2.45) is 0 Å². The highest BCUT2D eigenvalue weighted by Gasteiger charge is 1.92. The van der Waals surface area contributed by atoms with Gasteiger partial charge >= 0.3 is 0 Å². The molecule has 1 aromatic rings. The third kappa shape index (κ3) is 2.33. The van der Waals surface area contributed by atoms with Crippen LogP contribution in [0.15, 0.2) is 22.8 Å². The summed E-state index contributed by atoms with van der Waals surface area (Å²) in [6, 6.07) is 3.82. The Morgan fingerprint density at radius 2 is 2.56 bits per heavy atom. The Kier molecular flexibility index (Phi) is 3.01. The van der Waals surface area contributed by atoms with Crippen LogP contribution in [0.1, 0.15) is 5.76 Å². The molecule has 0 aliphatic carbocycles. The predicted molar refractivity (Wildman–Crippen MR) is 40.7 cm³/mol. The molecule has 0 saturated heterocycles. The molecule has 0 aromatic carbocycles. The summed E-state index contributed by atoms with van der Waals surface area (Å²) < 4.78 is 5.06. The number of halogens is 1. The van der Waals surface area contributed by atoms with Gasteiger partial charge in [-0.3, -0.25) is 0 Å². The fourth-order valence-electron chi connectivity index (χ4n) is 0.534. The molecule has 0 bridgehead atoms. The summed E-state index contributed by atoms with van der Waals surface area (Å²) in [7, 11) is 0. The molecule has 0 aliphatic heterocycles. The van der Waals surface area contributed by atoms with Gasteiger partial charge in [-0.05, 0) is 12.1 Å². The zero-order valence-corrected chi connectivity index (χ0v) is 6.41.